The van der Waals surface area contributed by atoms with Crippen molar-refractivity contribution in [3.8, 4) is 5.75 Å². The number of imidazole rings is 1. The van der Waals surface area contributed by atoms with Gasteiger partial charge >= 0.3 is 11.9 Å². The van der Waals surface area contributed by atoms with Crippen LogP contribution in [0.15, 0.2) is 34.7 Å². The van der Waals surface area contributed by atoms with Crippen LogP contribution in [0.5, 0.6) is 5.75 Å². The highest BCUT2D eigenvalue weighted by atomic mass is 35.5. The largest absolute Gasteiger partial charge is 0.507 e. The molecular weight excluding hydrogens is 493 g/mol. The first-order valence-electron chi connectivity index (χ1n) is 8.31. The fourth-order valence-electron chi connectivity index (χ4n) is 2.57. The molecule has 3 aromatic rings. The zero-order valence-corrected chi connectivity index (χ0v) is 18.8. The number of thiophene rings is 1. The van der Waals surface area contributed by atoms with Gasteiger partial charge in [0.2, 0.25) is 0 Å². The number of esters is 1. The molecule has 2 aromatic heterocycles. The summed E-state index contributed by atoms with van der Waals surface area (Å²) in [5.74, 6) is -2.22. The third-order valence-corrected chi connectivity index (χ3v) is 8.26. The molecule has 164 valence electrons. The van der Waals surface area contributed by atoms with Crippen LogP contribution in [0.1, 0.15) is 21.6 Å². The van der Waals surface area contributed by atoms with Gasteiger partial charge in [-0.15, -0.1) is 11.3 Å². The normalized spacial score (nSPS) is 11.5. The number of hydrogen-bond donors (Lipinski definition) is 1. The summed E-state index contributed by atoms with van der Waals surface area (Å²) in [4.78, 5) is 26.0. The monoisotopic (exact) mass is 505 g/mol. The van der Waals surface area contributed by atoms with Crippen LogP contribution >= 0.6 is 34.5 Å². The van der Waals surface area contributed by atoms with E-state index >= 15 is 0 Å². The Balaban J connectivity index is 1.71. The molecule has 0 fully saturated rings. The van der Waals surface area contributed by atoms with Crippen molar-refractivity contribution in [1.29, 1.82) is 0 Å². The molecule has 0 saturated carbocycles. The first-order valence-corrected chi connectivity index (χ1v) is 11.5. The molecular formula is C17H13Cl2N3O7S2. The van der Waals surface area contributed by atoms with E-state index in [1.54, 1.807) is 0 Å². The van der Waals surface area contributed by atoms with E-state index in [9.17, 15) is 28.4 Å². The quantitative estimate of drug-likeness (QED) is 0.290. The van der Waals surface area contributed by atoms with Crippen molar-refractivity contribution >= 4 is 56.3 Å². The Morgan fingerprint density at radius 3 is 2.61 bits per heavy atom. The standard InChI is InChI=1S/C17H13Cl2N3O7S2/c1-21-10(6-20-17(21)22(25)26)7-29-16(24)11-3-2-9(4-13(11)23)8-31(27,28)14-5-12(18)15(19)30-14/h2-6,23H,7-8H2,1H3. The number of halogens is 2. The molecule has 1 N–H and O–H groups in total. The number of aromatic nitrogens is 2. The number of hydrogen-bond acceptors (Lipinski definition) is 9. The lowest BCUT2D eigenvalue weighted by atomic mass is 10.1. The van der Waals surface area contributed by atoms with E-state index in [1.165, 1.54) is 31.4 Å². The second kappa shape index (κ2) is 8.83. The maximum Gasteiger partial charge on any atom is 0.434 e. The van der Waals surface area contributed by atoms with Crippen molar-refractivity contribution in [2.75, 3.05) is 0 Å². The maximum atomic E-state index is 12.5. The number of carbonyl (C=O) groups excluding carboxylic acids is 1. The Bertz CT molecular complexity index is 1270. The van der Waals surface area contributed by atoms with Crippen LogP contribution in [0.4, 0.5) is 5.95 Å². The number of nitrogens with zero attached hydrogens (tertiary/aromatic N) is 3. The lowest BCUT2D eigenvalue weighted by Gasteiger charge is -2.08. The van der Waals surface area contributed by atoms with Gasteiger partial charge in [0.1, 0.15) is 32.7 Å². The number of aromatic hydroxyl groups is 1. The summed E-state index contributed by atoms with van der Waals surface area (Å²) in [5, 5.41) is 21.1. The number of sulfone groups is 1. The minimum absolute atomic E-state index is 0.0178. The van der Waals surface area contributed by atoms with E-state index in [1.807, 2.05) is 0 Å². The zero-order chi connectivity index (χ0) is 22.9. The van der Waals surface area contributed by atoms with Crippen molar-refractivity contribution in [3.05, 3.63) is 66.8 Å². The Hall–Kier alpha value is -2.67. The molecule has 0 spiro atoms. The van der Waals surface area contributed by atoms with Crippen LogP contribution in [0, 0.1) is 10.1 Å². The van der Waals surface area contributed by atoms with E-state index in [0.29, 0.717) is 0 Å². The molecule has 1 aromatic carbocycles. The molecule has 0 atom stereocenters. The summed E-state index contributed by atoms with van der Waals surface area (Å²) >= 11 is 12.4. The van der Waals surface area contributed by atoms with Gasteiger partial charge in [-0.2, -0.15) is 0 Å². The van der Waals surface area contributed by atoms with Crippen molar-refractivity contribution in [2.24, 2.45) is 7.05 Å². The lowest BCUT2D eigenvalue weighted by molar-refractivity contribution is -0.396. The molecule has 0 radical (unpaired) electrons. The number of phenols is 1. The van der Waals surface area contributed by atoms with Gasteiger partial charge in [0, 0.05) is 0 Å². The second-order valence-electron chi connectivity index (χ2n) is 6.24. The van der Waals surface area contributed by atoms with Gasteiger partial charge in [-0.25, -0.2) is 17.8 Å². The Morgan fingerprint density at radius 1 is 1.35 bits per heavy atom. The number of phenolic OH excluding ortho intramolecular Hbond substituents is 1. The second-order valence-corrected chi connectivity index (χ2v) is 10.5. The van der Waals surface area contributed by atoms with Crippen LogP contribution < -0.4 is 0 Å². The fourth-order valence-corrected chi connectivity index (χ4v) is 5.86. The predicted molar refractivity (Wildman–Crippen MR) is 112 cm³/mol. The molecule has 2 heterocycles. The van der Waals surface area contributed by atoms with Crippen molar-refractivity contribution < 1.29 is 28.0 Å². The van der Waals surface area contributed by atoms with Gasteiger partial charge in [-0.05, 0) is 28.7 Å². The minimum Gasteiger partial charge on any atom is -0.507 e. The summed E-state index contributed by atoms with van der Waals surface area (Å²) in [5.41, 5.74) is 0.313. The minimum atomic E-state index is -3.76. The van der Waals surface area contributed by atoms with E-state index in [0.717, 1.165) is 22.0 Å². The van der Waals surface area contributed by atoms with Crippen molar-refractivity contribution in [3.63, 3.8) is 0 Å². The van der Waals surface area contributed by atoms with Gasteiger partial charge in [-0.3, -0.25) is 0 Å². The topological polar surface area (TPSA) is 142 Å². The number of carbonyl (C=O) groups is 1. The molecule has 14 heteroatoms. The van der Waals surface area contributed by atoms with Crippen LogP contribution in [-0.4, -0.2) is 34.0 Å². The number of nitro groups is 1. The summed E-state index contributed by atoms with van der Waals surface area (Å²) in [6, 6.07) is 4.97. The molecule has 0 aliphatic carbocycles. The molecule has 0 amide bonds. The molecule has 3 rings (SSSR count). The predicted octanol–water partition coefficient (Wildman–Crippen LogP) is 3.73. The Kier molecular flexibility index (Phi) is 6.55. The van der Waals surface area contributed by atoms with Gasteiger partial charge < -0.3 is 20.0 Å². The van der Waals surface area contributed by atoms with E-state index in [-0.39, 0.29) is 37.0 Å². The SMILES string of the molecule is Cn1c(COC(=O)c2ccc(CS(=O)(=O)c3cc(Cl)c(Cl)s3)cc2O)cnc1[N+](=O)[O-]. The zero-order valence-electron chi connectivity index (χ0n) is 15.6. The molecule has 0 saturated heterocycles. The smallest absolute Gasteiger partial charge is 0.434 e. The summed E-state index contributed by atoms with van der Waals surface area (Å²) in [6.45, 7) is -0.314. The first kappa shape index (κ1) is 23.0. The highest BCUT2D eigenvalue weighted by molar-refractivity contribution is 7.92. The van der Waals surface area contributed by atoms with Crippen LogP contribution in [0.25, 0.3) is 0 Å². The van der Waals surface area contributed by atoms with Gasteiger partial charge in [0.05, 0.1) is 17.8 Å². The maximum absolute atomic E-state index is 12.5. The van der Waals surface area contributed by atoms with E-state index in [2.05, 4.69) is 4.98 Å². The van der Waals surface area contributed by atoms with E-state index in [4.69, 9.17) is 27.9 Å². The fraction of sp³-hybridized carbons (Fsp3) is 0.176. The summed E-state index contributed by atoms with van der Waals surface area (Å²) in [7, 11) is -2.37. The first-order chi connectivity index (χ1) is 14.5. The lowest BCUT2D eigenvalue weighted by Crippen LogP contribution is -2.09. The van der Waals surface area contributed by atoms with Crippen LogP contribution in [0.2, 0.25) is 9.36 Å². The van der Waals surface area contributed by atoms with Gasteiger partial charge in [0.25, 0.3) is 0 Å². The number of ether oxygens (including phenoxy) is 1. The molecule has 0 unspecified atom stereocenters. The average Bonchev–Trinajstić information content (AvgIpc) is 3.22. The van der Waals surface area contributed by atoms with Crippen molar-refractivity contribution in [1.82, 2.24) is 9.55 Å². The summed E-state index contributed by atoms with van der Waals surface area (Å²) < 4.78 is 31.4. The molecule has 10 nitrogen and oxygen atoms in total. The van der Waals surface area contributed by atoms with Gasteiger partial charge in [0.15, 0.2) is 15.5 Å². The van der Waals surface area contributed by atoms with Crippen LogP contribution in [0.3, 0.4) is 0 Å². The third kappa shape index (κ3) is 4.98. The number of rotatable bonds is 7. The average molecular weight is 506 g/mol. The highest BCUT2D eigenvalue weighted by Gasteiger charge is 2.23. The van der Waals surface area contributed by atoms with Crippen molar-refractivity contribution in [2.45, 2.75) is 16.6 Å². The van der Waals surface area contributed by atoms with Gasteiger partial charge in [-0.1, -0.05) is 34.3 Å². The van der Waals surface area contributed by atoms with Crippen LogP contribution in [-0.2, 0) is 34.0 Å². The van der Waals surface area contributed by atoms with E-state index < -0.39 is 38.2 Å². The molecule has 0 aliphatic heterocycles. The summed E-state index contributed by atoms with van der Waals surface area (Å²) in [6.07, 6.45) is 1.20. The Morgan fingerprint density at radius 2 is 2.06 bits per heavy atom. The molecule has 0 aliphatic rings. The Labute approximate surface area is 189 Å². The third-order valence-electron chi connectivity index (χ3n) is 4.14. The molecule has 31 heavy (non-hydrogen) atoms. The molecule has 0 bridgehead atoms. The highest BCUT2D eigenvalue weighted by Crippen LogP contribution is 2.36. The number of benzene rings is 1.